The summed E-state index contributed by atoms with van der Waals surface area (Å²) in [5.74, 6) is -0.222. The quantitative estimate of drug-likeness (QED) is 0.772. The van der Waals surface area contributed by atoms with Crippen LogP contribution in [0.15, 0.2) is 40.9 Å². The van der Waals surface area contributed by atoms with Crippen molar-refractivity contribution in [2.24, 2.45) is 0 Å². The van der Waals surface area contributed by atoms with Gasteiger partial charge in [-0.05, 0) is 55.6 Å². The number of aryl methyl sites for hydroxylation is 2. The summed E-state index contributed by atoms with van der Waals surface area (Å²) in [6.45, 7) is 7.28. The third-order valence-electron chi connectivity index (χ3n) is 3.61. The topological polar surface area (TPSA) is 12.0 Å². The van der Waals surface area contributed by atoms with Gasteiger partial charge in [-0.2, -0.15) is 0 Å². The van der Waals surface area contributed by atoms with E-state index in [1.54, 1.807) is 0 Å². The molecule has 0 aliphatic carbocycles. The van der Waals surface area contributed by atoms with Crippen molar-refractivity contribution < 1.29 is 4.39 Å². The van der Waals surface area contributed by atoms with Crippen LogP contribution >= 0.6 is 15.9 Å². The van der Waals surface area contributed by atoms with Crippen molar-refractivity contribution in [1.82, 2.24) is 5.32 Å². The molecule has 0 aliphatic rings. The Balaban J connectivity index is 2.46. The van der Waals surface area contributed by atoms with Crippen LogP contribution in [0.1, 0.15) is 41.6 Å². The smallest absolute Gasteiger partial charge is 0.124 e. The zero-order valence-electron chi connectivity index (χ0n) is 12.7. The Bertz CT molecular complexity index is 573. The van der Waals surface area contributed by atoms with Gasteiger partial charge in [0.1, 0.15) is 5.82 Å². The van der Waals surface area contributed by atoms with Crippen LogP contribution in [0.4, 0.5) is 4.39 Å². The van der Waals surface area contributed by atoms with Crippen molar-refractivity contribution in [3.8, 4) is 0 Å². The summed E-state index contributed by atoms with van der Waals surface area (Å²) in [6, 6.07) is 11.4. The molecule has 1 atom stereocenters. The predicted octanol–water partition coefficient (Wildman–Crippen LogP) is 5.29. The second kappa shape index (κ2) is 7.19. The van der Waals surface area contributed by atoms with Crippen LogP contribution in [0.2, 0.25) is 0 Å². The molecule has 0 saturated carbocycles. The van der Waals surface area contributed by atoms with Gasteiger partial charge in [0.15, 0.2) is 0 Å². The maximum absolute atomic E-state index is 13.3. The van der Waals surface area contributed by atoms with Gasteiger partial charge in [0.05, 0.1) is 6.04 Å². The summed E-state index contributed by atoms with van der Waals surface area (Å²) in [5.41, 5.74) is 4.81. The molecule has 1 N–H and O–H groups in total. The van der Waals surface area contributed by atoms with Crippen molar-refractivity contribution in [2.75, 3.05) is 6.54 Å². The van der Waals surface area contributed by atoms with E-state index in [9.17, 15) is 4.39 Å². The lowest BCUT2D eigenvalue weighted by Gasteiger charge is -2.23. The normalized spacial score (nSPS) is 12.4. The SMILES string of the molecule is CCCNC(c1ccc(C)cc1C)c1ccc(F)cc1Br. The molecule has 0 radical (unpaired) electrons. The first-order valence-corrected chi connectivity index (χ1v) is 8.07. The van der Waals surface area contributed by atoms with Gasteiger partial charge in [-0.25, -0.2) is 4.39 Å². The summed E-state index contributed by atoms with van der Waals surface area (Å²) in [5, 5.41) is 3.57. The van der Waals surface area contributed by atoms with Gasteiger partial charge in [0.25, 0.3) is 0 Å². The number of rotatable bonds is 5. The molecule has 0 amide bonds. The van der Waals surface area contributed by atoms with E-state index in [0.29, 0.717) is 0 Å². The molecule has 0 aliphatic heterocycles. The number of benzene rings is 2. The van der Waals surface area contributed by atoms with Gasteiger partial charge < -0.3 is 5.32 Å². The Kier molecular flexibility index (Phi) is 5.54. The molecule has 2 rings (SSSR count). The van der Waals surface area contributed by atoms with Crippen LogP contribution < -0.4 is 5.32 Å². The van der Waals surface area contributed by atoms with Gasteiger partial charge in [0.2, 0.25) is 0 Å². The predicted molar refractivity (Wildman–Crippen MR) is 90.2 cm³/mol. The fourth-order valence-electron chi connectivity index (χ4n) is 2.56. The summed E-state index contributed by atoms with van der Waals surface area (Å²) in [4.78, 5) is 0. The largest absolute Gasteiger partial charge is 0.306 e. The molecule has 21 heavy (non-hydrogen) atoms. The van der Waals surface area contributed by atoms with Gasteiger partial charge in [-0.15, -0.1) is 0 Å². The lowest BCUT2D eigenvalue weighted by atomic mass is 9.93. The summed E-state index contributed by atoms with van der Waals surface area (Å²) >= 11 is 3.50. The lowest BCUT2D eigenvalue weighted by Crippen LogP contribution is -2.24. The van der Waals surface area contributed by atoms with E-state index in [1.807, 2.05) is 6.07 Å². The average molecular weight is 350 g/mol. The molecule has 0 heterocycles. The highest BCUT2D eigenvalue weighted by Gasteiger charge is 2.18. The lowest BCUT2D eigenvalue weighted by molar-refractivity contribution is 0.588. The maximum atomic E-state index is 13.3. The van der Waals surface area contributed by atoms with E-state index in [-0.39, 0.29) is 11.9 Å². The van der Waals surface area contributed by atoms with Crippen LogP contribution in [0, 0.1) is 19.7 Å². The number of hydrogen-bond donors (Lipinski definition) is 1. The maximum Gasteiger partial charge on any atom is 0.124 e. The fraction of sp³-hybridized carbons (Fsp3) is 0.333. The highest BCUT2D eigenvalue weighted by Crippen LogP contribution is 2.31. The highest BCUT2D eigenvalue weighted by molar-refractivity contribution is 9.10. The number of nitrogens with one attached hydrogen (secondary N) is 1. The molecule has 2 aromatic rings. The van der Waals surface area contributed by atoms with E-state index < -0.39 is 0 Å². The molecule has 0 spiro atoms. The minimum absolute atomic E-state index is 0.0699. The summed E-state index contributed by atoms with van der Waals surface area (Å²) in [6.07, 6.45) is 1.06. The van der Waals surface area contributed by atoms with Crippen molar-refractivity contribution in [2.45, 2.75) is 33.2 Å². The second-order valence-electron chi connectivity index (χ2n) is 5.41. The van der Waals surface area contributed by atoms with Crippen LogP contribution in [-0.4, -0.2) is 6.54 Å². The minimum Gasteiger partial charge on any atom is -0.306 e. The summed E-state index contributed by atoms with van der Waals surface area (Å²) < 4.78 is 14.1. The van der Waals surface area contributed by atoms with Gasteiger partial charge in [-0.3, -0.25) is 0 Å². The third kappa shape index (κ3) is 3.92. The van der Waals surface area contributed by atoms with Gasteiger partial charge in [0, 0.05) is 4.47 Å². The number of hydrogen-bond acceptors (Lipinski definition) is 1. The van der Waals surface area contributed by atoms with Crippen LogP contribution in [0.5, 0.6) is 0 Å². The van der Waals surface area contributed by atoms with Gasteiger partial charge >= 0.3 is 0 Å². The minimum atomic E-state index is -0.222. The van der Waals surface area contributed by atoms with Crippen molar-refractivity contribution in [3.05, 3.63) is 68.9 Å². The average Bonchev–Trinajstić information content (AvgIpc) is 2.42. The van der Waals surface area contributed by atoms with Crippen LogP contribution in [0.3, 0.4) is 0 Å². The van der Waals surface area contributed by atoms with E-state index in [2.05, 4.69) is 60.2 Å². The highest BCUT2D eigenvalue weighted by atomic mass is 79.9. The molecule has 2 aromatic carbocycles. The van der Waals surface area contributed by atoms with E-state index in [0.717, 1.165) is 23.0 Å². The Labute approximate surface area is 134 Å². The molecule has 0 saturated heterocycles. The molecular weight excluding hydrogens is 329 g/mol. The van der Waals surface area contributed by atoms with E-state index in [4.69, 9.17) is 0 Å². The van der Waals surface area contributed by atoms with Crippen molar-refractivity contribution >= 4 is 15.9 Å². The third-order valence-corrected chi connectivity index (χ3v) is 4.30. The Morgan fingerprint density at radius 2 is 1.81 bits per heavy atom. The molecular formula is C18H21BrFN. The molecule has 0 aromatic heterocycles. The van der Waals surface area contributed by atoms with E-state index in [1.165, 1.54) is 28.8 Å². The first kappa shape index (κ1) is 16.2. The molecule has 3 heteroatoms. The fourth-order valence-corrected chi connectivity index (χ4v) is 3.14. The van der Waals surface area contributed by atoms with Gasteiger partial charge in [-0.1, -0.05) is 52.7 Å². The Morgan fingerprint density at radius 3 is 2.43 bits per heavy atom. The van der Waals surface area contributed by atoms with Crippen LogP contribution in [0.25, 0.3) is 0 Å². The van der Waals surface area contributed by atoms with Crippen molar-refractivity contribution in [1.29, 1.82) is 0 Å². The standard InChI is InChI=1S/C18H21BrFN/c1-4-9-21-18(15-7-5-12(2)10-13(15)3)16-8-6-14(20)11-17(16)19/h5-8,10-11,18,21H,4,9H2,1-3H3. The second-order valence-corrected chi connectivity index (χ2v) is 6.27. The van der Waals surface area contributed by atoms with Crippen LogP contribution in [-0.2, 0) is 0 Å². The molecule has 1 unspecified atom stereocenters. The molecule has 0 bridgehead atoms. The monoisotopic (exact) mass is 349 g/mol. The van der Waals surface area contributed by atoms with E-state index >= 15 is 0 Å². The number of halogens is 2. The Hall–Kier alpha value is -1.19. The Morgan fingerprint density at radius 1 is 1.10 bits per heavy atom. The first-order chi connectivity index (χ1) is 10.0. The molecule has 0 fully saturated rings. The van der Waals surface area contributed by atoms with Crippen molar-refractivity contribution in [3.63, 3.8) is 0 Å². The first-order valence-electron chi connectivity index (χ1n) is 7.28. The molecule has 112 valence electrons. The zero-order valence-corrected chi connectivity index (χ0v) is 14.3. The molecule has 1 nitrogen and oxygen atoms in total. The summed E-state index contributed by atoms with van der Waals surface area (Å²) in [7, 11) is 0. The zero-order chi connectivity index (χ0) is 15.4.